The van der Waals surface area contributed by atoms with Gasteiger partial charge in [-0.3, -0.25) is 9.59 Å². The number of anilines is 1. The average molecular weight is 371 g/mol. The molecule has 1 spiro atoms. The molecule has 1 aliphatic heterocycles. The first-order valence-corrected chi connectivity index (χ1v) is 8.49. The molecule has 1 aromatic rings. The lowest BCUT2D eigenvalue weighted by atomic mass is 9.67. The van der Waals surface area contributed by atoms with Gasteiger partial charge in [0.15, 0.2) is 0 Å². The molecule has 21 heavy (non-hydrogen) atoms. The molecule has 1 heterocycles. The van der Waals surface area contributed by atoms with E-state index >= 15 is 0 Å². The third-order valence-corrected chi connectivity index (χ3v) is 5.43. The van der Waals surface area contributed by atoms with Gasteiger partial charge in [-0.15, -0.1) is 0 Å². The fourth-order valence-electron chi connectivity index (χ4n) is 3.58. The number of halogens is 2. The number of hydrogen-bond acceptors (Lipinski definition) is 2. The Morgan fingerprint density at radius 2 is 1.67 bits per heavy atom. The number of carbonyl (C=O) groups is 2. The molecule has 0 unspecified atom stereocenters. The molecule has 1 aliphatic carbocycles. The highest BCUT2D eigenvalue weighted by molar-refractivity contribution is 9.10. The van der Waals surface area contributed by atoms with Crippen molar-refractivity contribution in [3.63, 3.8) is 0 Å². The van der Waals surface area contributed by atoms with Crippen LogP contribution in [0.3, 0.4) is 0 Å². The first-order chi connectivity index (χ1) is 10.0. The van der Waals surface area contributed by atoms with Gasteiger partial charge in [-0.2, -0.15) is 0 Å². The Labute approximate surface area is 137 Å². The van der Waals surface area contributed by atoms with Crippen molar-refractivity contribution in [2.45, 2.75) is 44.9 Å². The monoisotopic (exact) mass is 369 g/mol. The second-order valence-corrected chi connectivity index (χ2v) is 7.46. The summed E-state index contributed by atoms with van der Waals surface area (Å²) in [4.78, 5) is 26.4. The predicted molar refractivity (Wildman–Crippen MR) is 86.4 cm³/mol. The number of nitrogens with zero attached hydrogens (tertiary/aromatic N) is 1. The maximum Gasteiger partial charge on any atom is 0.234 e. The van der Waals surface area contributed by atoms with Gasteiger partial charge in [-0.05, 0) is 36.5 Å². The standard InChI is InChI=1S/C16H17BrClNO2/c17-11-4-5-12(18)13(8-11)19-14(20)9-16(10-15(19)21)6-2-1-3-7-16/h4-5,8H,1-3,6-7,9-10H2. The highest BCUT2D eigenvalue weighted by Gasteiger charge is 2.44. The Kier molecular flexibility index (Phi) is 4.10. The summed E-state index contributed by atoms with van der Waals surface area (Å²) in [6.45, 7) is 0. The van der Waals surface area contributed by atoms with Gasteiger partial charge >= 0.3 is 0 Å². The minimum absolute atomic E-state index is 0.0958. The number of carbonyl (C=O) groups excluding carboxylic acids is 2. The fraction of sp³-hybridized carbons (Fsp3) is 0.500. The van der Waals surface area contributed by atoms with Gasteiger partial charge in [-0.25, -0.2) is 4.90 Å². The Balaban J connectivity index is 1.90. The van der Waals surface area contributed by atoms with Gasteiger partial charge < -0.3 is 0 Å². The van der Waals surface area contributed by atoms with Gasteiger partial charge in [-0.1, -0.05) is 46.8 Å². The van der Waals surface area contributed by atoms with Crippen molar-refractivity contribution in [1.82, 2.24) is 0 Å². The quantitative estimate of drug-likeness (QED) is 0.672. The SMILES string of the molecule is O=C1CC2(CCCCC2)CC(=O)N1c1cc(Br)ccc1Cl. The zero-order valence-electron chi connectivity index (χ0n) is 11.7. The third kappa shape index (κ3) is 2.88. The summed E-state index contributed by atoms with van der Waals surface area (Å²) in [7, 11) is 0. The summed E-state index contributed by atoms with van der Waals surface area (Å²) >= 11 is 9.54. The van der Waals surface area contributed by atoms with Crippen LogP contribution in [-0.4, -0.2) is 11.8 Å². The van der Waals surface area contributed by atoms with Crippen LogP contribution in [0.5, 0.6) is 0 Å². The van der Waals surface area contributed by atoms with Crippen molar-refractivity contribution in [3.05, 3.63) is 27.7 Å². The molecule has 0 atom stereocenters. The average Bonchev–Trinajstić information content (AvgIpc) is 2.42. The summed E-state index contributed by atoms with van der Waals surface area (Å²) in [5.74, 6) is -0.235. The van der Waals surface area contributed by atoms with Crippen molar-refractivity contribution < 1.29 is 9.59 Å². The second-order valence-electron chi connectivity index (χ2n) is 6.13. The normalized spacial score (nSPS) is 21.9. The van der Waals surface area contributed by atoms with E-state index in [0.717, 1.165) is 30.2 Å². The zero-order chi connectivity index (χ0) is 15.0. The van der Waals surface area contributed by atoms with Crippen LogP contribution in [0.25, 0.3) is 0 Å². The second kappa shape index (κ2) is 5.73. The van der Waals surface area contributed by atoms with Crippen LogP contribution in [0.15, 0.2) is 22.7 Å². The molecule has 2 fully saturated rings. The predicted octanol–water partition coefficient (Wildman–Crippen LogP) is 4.71. The number of amides is 2. The van der Waals surface area contributed by atoms with Crippen molar-refractivity contribution in [1.29, 1.82) is 0 Å². The molecular weight excluding hydrogens is 354 g/mol. The van der Waals surface area contributed by atoms with Crippen molar-refractivity contribution in [2.75, 3.05) is 4.90 Å². The van der Waals surface area contributed by atoms with E-state index in [0.29, 0.717) is 23.6 Å². The molecule has 0 N–H and O–H groups in total. The third-order valence-electron chi connectivity index (χ3n) is 4.61. The van der Waals surface area contributed by atoms with Crippen molar-refractivity contribution in [3.8, 4) is 0 Å². The minimum atomic E-state index is -0.117. The van der Waals surface area contributed by atoms with Gasteiger partial charge in [0.2, 0.25) is 11.8 Å². The smallest absolute Gasteiger partial charge is 0.234 e. The summed E-state index contributed by atoms with van der Waals surface area (Å²) in [6, 6.07) is 5.23. The van der Waals surface area contributed by atoms with Crippen LogP contribution in [-0.2, 0) is 9.59 Å². The number of rotatable bonds is 1. The van der Waals surface area contributed by atoms with E-state index in [4.69, 9.17) is 11.6 Å². The molecule has 1 saturated carbocycles. The summed E-state index contributed by atoms with van der Waals surface area (Å²) in [5, 5.41) is 0.430. The van der Waals surface area contributed by atoms with Crippen LogP contribution in [0.2, 0.25) is 5.02 Å². The molecule has 5 heteroatoms. The molecule has 3 rings (SSSR count). The molecule has 0 bridgehead atoms. The largest absolute Gasteiger partial charge is 0.274 e. The van der Waals surface area contributed by atoms with E-state index < -0.39 is 0 Å². The Hall–Kier alpha value is -0.870. The van der Waals surface area contributed by atoms with E-state index in [1.165, 1.54) is 11.3 Å². The number of hydrogen-bond donors (Lipinski definition) is 0. The van der Waals surface area contributed by atoms with Crippen LogP contribution in [0.4, 0.5) is 5.69 Å². The molecule has 1 aromatic carbocycles. The van der Waals surface area contributed by atoms with E-state index in [1.54, 1.807) is 18.2 Å². The number of piperidine rings is 1. The fourth-order valence-corrected chi connectivity index (χ4v) is 4.13. The Morgan fingerprint density at radius 1 is 1.05 bits per heavy atom. The molecule has 3 nitrogen and oxygen atoms in total. The van der Waals surface area contributed by atoms with E-state index in [-0.39, 0.29) is 17.2 Å². The zero-order valence-corrected chi connectivity index (χ0v) is 14.0. The molecule has 0 aromatic heterocycles. The van der Waals surface area contributed by atoms with Gasteiger partial charge in [0, 0.05) is 17.3 Å². The highest BCUT2D eigenvalue weighted by atomic mass is 79.9. The van der Waals surface area contributed by atoms with Crippen LogP contribution in [0, 0.1) is 5.41 Å². The maximum atomic E-state index is 12.6. The first kappa shape index (κ1) is 15.0. The van der Waals surface area contributed by atoms with Gasteiger partial charge in [0.1, 0.15) is 0 Å². The summed E-state index contributed by atoms with van der Waals surface area (Å²) < 4.78 is 0.806. The van der Waals surface area contributed by atoms with Gasteiger partial charge in [0.25, 0.3) is 0 Å². The number of benzene rings is 1. The Bertz CT molecular complexity index is 576. The van der Waals surface area contributed by atoms with Crippen LogP contribution in [0.1, 0.15) is 44.9 Å². The maximum absolute atomic E-state index is 12.6. The molecule has 2 aliphatic rings. The topological polar surface area (TPSA) is 37.4 Å². The highest BCUT2D eigenvalue weighted by Crippen LogP contribution is 2.46. The molecule has 0 radical (unpaired) electrons. The first-order valence-electron chi connectivity index (χ1n) is 7.32. The van der Waals surface area contributed by atoms with E-state index in [2.05, 4.69) is 15.9 Å². The van der Waals surface area contributed by atoms with E-state index in [9.17, 15) is 9.59 Å². The lowest BCUT2D eigenvalue weighted by molar-refractivity contribution is -0.134. The lowest BCUT2D eigenvalue weighted by Gasteiger charge is -2.42. The van der Waals surface area contributed by atoms with Crippen LogP contribution >= 0.6 is 27.5 Å². The van der Waals surface area contributed by atoms with Crippen LogP contribution < -0.4 is 4.90 Å². The summed E-state index contributed by atoms with van der Waals surface area (Å²) in [5.41, 5.74) is 0.396. The minimum Gasteiger partial charge on any atom is -0.274 e. The van der Waals surface area contributed by atoms with Crippen molar-refractivity contribution >= 4 is 45.0 Å². The van der Waals surface area contributed by atoms with E-state index in [1.807, 2.05) is 0 Å². The Morgan fingerprint density at radius 3 is 2.29 bits per heavy atom. The molecule has 1 saturated heterocycles. The molecule has 2 amide bonds. The molecular formula is C16H17BrClNO2. The summed E-state index contributed by atoms with van der Waals surface area (Å²) in [6.07, 6.45) is 6.36. The number of imide groups is 1. The van der Waals surface area contributed by atoms with Gasteiger partial charge in [0.05, 0.1) is 10.7 Å². The van der Waals surface area contributed by atoms with Crippen molar-refractivity contribution in [2.24, 2.45) is 5.41 Å². The lowest BCUT2D eigenvalue weighted by Crippen LogP contribution is -2.49. The molecule has 112 valence electrons.